The van der Waals surface area contributed by atoms with Crippen molar-refractivity contribution in [2.24, 2.45) is 0 Å². The molecule has 3 heteroatoms. The van der Waals surface area contributed by atoms with E-state index in [-0.39, 0.29) is 0 Å². The Hall–Kier alpha value is -0.963. The normalized spacial score (nSPS) is 11.4. The lowest BCUT2D eigenvalue weighted by Gasteiger charge is -2.16. The van der Waals surface area contributed by atoms with E-state index in [1.807, 2.05) is 18.2 Å². The highest BCUT2D eigenvalue weighted by Gasteiger charge is 2.17. The summed E-state index contributed by atoms with van der Waals surface area (Å²) in [5, 5.41) is 1.19. The Bertz CT molecular complexity index is 341. The molecule has 0 saturated heterocycles. The highest BCUT2D eigenvalue weighted by atomic mass is 28.3. The highest BCUT2D eigenvalue weighted by Crippen LogP contribution is 2.06. The number of hydrogen-bond donors (Lipinski definition) is 0. The third kappa shape index (κ3) is 2.51. The number of carbonyl (C=O) groups is 1. The van der Waals surface area contributed by atoms with Gasteiger partial charge in [0.1, 0.15) is 0 Å². The number of ketones is 1. The molecule has 0 amide bonds. The molecule has 76 valence electrons. The van der Waals surface area contributed by atoms with E-state index in [0.717, 1.165) is 0 Å². The van der Waals surface area contributed by atoms with Gasteiger partial charge in [0.25, 0.3) is 0 Å². The van der Waals surface area contributed by atoms with E-state index in [1.54, 1.807) is 6.07 Å². The molecule has 1 rings (SSSR count). The molecule has 0 spiro atoms. The Labute approximate surface area is 85.0 Å². The molecular formula is C11H15FOSi. The Kier molecular flexibility index (Phi) is 3.21. The molecule has 0 aliphatic rings. The number of carbonyl (C=O) groups excluding carboxylic acids is 1. The number of hydrogen-bond acceptors (Lipinski definition) is 1. The topological polar surface area (TPSA) is 17.1 Å². The van der Waals surface area contributed by atoms with E-state index in [0.29, 0.717) is 5.56 Å². The molecule has 0 aliphatic heterocycles. The number of alkyl halides is 1. The molecular weight excluding hydrogens is 195 g/mol. The minimum atomic E-state index is -1.40. The lowest BCUT2D eigenvalue weighted by Crippen LogP contribution is -2.37. The predicted octanol–water partition coefficient (Wildman–Crippen LogP) is 2.38. The number of benzene rings is 1. The van der Waals surface area contributed by atoms with Crippen LogP contribution >= 0.6 is 0 Å². The van der Waals surface area contributed by atoms with Gasteiger partial charge in [0, 0.05) is 5.56 Å². The first-order valence-corrected chi connectivity index (χ1v) is 8.15. The van der Waals surface area contributed by atoms with E-state index >= 15 is 0 Å². The molecule has 0 unspecified atom stereocenters. The maximum Gasteiger partial charge on any atom is 0.193 e. The summed E-state index contributed by atoms with van der Waals surface area (Å²) in [5.74, 6) is -0.426. The molecule has 0 atom stereocenters. The van der Waals surface area contributed by atoms with Gasteiger partial charge in [-0.05, 0) is 0 Å². The SMILES string of the molecule is C[Si](C)(C)c1cccc(C(=O)CF)c1. The van der Waals surface area contributed by atoms with Crippen molar-refractivity contribution in [1.29, 1.82) is 0 Å². The zero-order valence-corrected chi connectivity index (χ0v) is 9.80. The number of halogens is 1. The van der Waals surface area contributed by atoms with Crippen LogP contribution in [0.5, 0.6) is 0 Å². The van der Waals surface area contributed by atoms with E-state index < -0.39 is 20.5 Å². The molecule has 1 aromatic carbocycles. The smallest absolute Gasteiger partial charge is 0.193 e. The second-order valence-electron chi connectivity index (χ2n) is 4.39. The van der Waals surface area contributed by atoms with Crippen molar-refractivity contribution in [3.8, 4) is 0 Å². The van der Waals surface area contributed by atoms with Gasteiger partial charge in [-0.15, -0.1) is 0 Å². The maximum absolute atomic E-state index is 12.2. The Morgan fingerprint density at radius 3 is 2.50 bits per heavy atom. The molecule has 0 fully saturated rings. The third-order valence-corrected chi connectivity index (χ3v) is 4.21. The van der Waals surface area contributed by atoms with Gasteiger partial charge in [-0.1, -0.05) is 49.1 Å². The molecule has 0 aliphatic carbocycles. The molecule has 1 nitrogen and oxygen atoms in total. The average Bonchev–Trinajstić information content (AvgIpc) is 2.15. The molecule has 0 N–H and O–H groups in total. The van der Waals surface area contributed by atoms with Crippen LogP contribution in [-0.4, -0.2) is 20.5 Å². The summed E-state index contributed by atoms with van der Waals surface area (Å²) in [6.07, 6.45) is 0. The minimum absolute atomic E-state index is 0.426. The van der Waals surface area contributed by atoms with Crippen LogP contribution in [0.4, 0.5) is 4.39 Å². The molecule has 0 bridgehead atoms. The summed E-state index contributed by atoms with van der Waals surface area (Å²) in [6, 6.07) is 7.34. The van der Waals surface area contributed by atoms with Gasteiger partial charge in [-0.25, -0.2) is 4.39 Å². The highest BCUT2D eigenvalue weighted by molar-refractivity contribution is 6.88. The molecule has 0 heterocycles. The molecule has 14 heavy (non-hydrogen) atoms. The summed E-state index contributed by atoms with van der Waals surface area (Å²) in [5.41, 5.74) is 0.493. The van der Waals surface area contributed by atoms with Crippen molar-refractivity contribution in [3.05, 3.63) is 29.8 Å². The summed E-state index contributed by atoms with van der Waals surface area (Å²) in [6.45, 7) is 5.69. The summed E-state index contributed by atoms with van der Waals surface area (Å²) in [7, 11) is -1.40. The molecule has 0 saturated carbocycles. The van der Waals surface area contributed by atoms with Crippen molar-refractivity contribution in [3.63, 3.8) is 0 Å². The van der Waals surface area contributed by atoms with Crippen LogP contribution in [0.2, 0.25) is 19.6 Å². The van der Waals surface area contributed by atoms with E-state index in [1.165, 1.54) is 5.19 Å². The van der Waals surface area contributed by atoms with Crippen LogP contribution in [0, 0.1) is 0 Å². The first kappa shape index (κ1) is 11.1. The zero-order chi connectivity index (χ0) is 10.8. The standard InChI is InChI=1S/C11H15FOSi/c1-14(2,3)10-6-4-5-9(7-10)11(13)8-12/h4-7H,8H2,1-3H3. The molecule has 1 aromatic rings. The largest absolute Gasteiger partial charge is 0.291 e. The van der Waals surface area contributed by atoms with Crippen LogP contribution in [-0.2, 0) is 0 Å². The van der Waals surface area contributed by atoms with Crippen LogP contribution in [0.1, 0.15) is 10.4 Å². The van der Waals surface area contributed by atoms with Gasteiger partial charge in [-0.3, -0.25) is 4.79 Å². The van der Waals surface area contributed by atoms with Crippen LogP contribution in [0.25, 0.3) is 0 Å². The van der Waals surface area contributed by atoms with Gasteiger partial charge in [0.15, 0.2) is 12.5 Å². The zero-order valence-electron chi connectivity index (χ0n) is 8.80. The van der Waals surface area contributed by atoms with Crippen molar-refractivity contribution in [2.75, 3.05) is 6.67 Å². The van der Waals surface area contributed by atoms with E-state index in [4.69, 9.17) is 0 Å². The Morgan fingerprint density at radius 2 is 2.00 bits per heavy atom. The fourth-order valence-corrected chi connectivity index (χ4v) is 2.42. The Morgan fingerprint density at radius 1 is 1.36 bits per heavy atom. The van der Waals surface area contributed by atoms with Crippen molar-refractivity contribution >= 4 is 19.0 Å². The quantitative estimate of drug-likeness (QED) is 0.553. The van der Waals surface area contributed by atoms with Crippen molar-refractivity contribution in [2.45, 2.75) is 19.6 Å². The molecule has 0 aromatic heterocycles. The van der Waals surface area contributed by atoms with Gasteiger partial charge >= 0.3 is 0 Å². The van der Waals surface area contributed by atoms with Crippen LogP contribution in [0.15, 0.2) is 24.3 Å². The predicted molar refractivity (Wildman–Crippen MR) is 59.7 cm³/mol. The molecule has 0 radical (unpaired) electrons. The number of Topliss-reactive ketones (excluding diaryl/α,β-unsaturated/α-hetero) is 1. The first-order chi connectivity index (χ1) is 6.45. The number of rotatable bonds is 3. The third-order valence-electron chi connectivity index (χ3n) is 2.17. The summed E-state index contributed by atoms with van der Waals surface area (Å²) < 4.78 is 12.2. The lowest BCUT2D eigenvalue weighted by molar-refractivity contribution is 0.0959. The first-order valence-electron chi connectivity index (χ1n) is 4.65. The van der Waals surface area contributed by atoms with E-state index in [2.05, 4.69) is 19.6 Å². The van der Waals surface area contributed by atoms with Gasteiger partial charge in [-0.2, -0.15) is 0 Å². The van der Waals surface area contributed by atoms with Crippen molar-refractivity contribution in [1.82, 2.24) is 0 Å². The lowest BCUT2D eigenvalue weighted by atomic mass is 10.1. The average molecular weight is 210 g/mol. The second kappa shape index (κ2) is 4.05. The second-order valence-corrected chi connectivity index (χ2v) is 9.46. The van der Waals surface area contributed by atoms with Gasteiger partial charge in [0.05, 0.1) is 8.07 Å². The fraction of sp³-hybridized carbons (Fsp3) is 0.364. The maximum atomic E-state index is 12.2. The van der Waals surface area contributed by atoms with E-state index in [9.17, 15) is 9.18 Å². The summed E-state index contributed by atoms with van der Waals surface area (Å²) >= 11 is 0. The summed E-state index contributed by atoms with van der Waals surface area (Å²) in [4.78, 5) is 11.1. The Balaban J connectivity index is 3.08. The van der Waals surface area contributed by atoms with Gasteiger partial charge < -0.3 is 0 Å². The minimum Gasteiger partial charge on any atom is -0.291 e. The van der Waals surface area contributed by atoms with Crippen molar-refractivity contribution < 1.29 is 9.18 Å². The van der Waals surface area contributed by atoms with Gasteiger partial charge in [0.2, 0.25) is 0 Å². The fourth-order valence-electron chi connectivity index (χ4n) is 1.24. The van der Waals surface area contributed by atoms with Crippen LogP contribution < -0.4 is 5.19 Å². The monoisotopic (exact) mass is 210 g/mol. The van der Waals surface area contributed by atoms with Crippen LogP contribution in [0.3, 0.4) is 0 Å².